The van der Waals surface area contributed by atoms with E-state index in [9.17, 15) is 14.4 Å². The maximum Gasteiger partial charge on any atom is 0.321 e. The molecule has 1 spiro atoms. The molecule has 0 aromatic heterocycles. The number of likely N-dealkylation sites (N-methyl/N-ethyl adjacent to an activating group) is 1. The Bertz CT molecular complexity index is 931. The number of likely N-dealkylation sites (tertiary alicyclic amines) is 2. The molecule has 32 heavy (non-hydrogen) atoms. The molecule has 3 saturated heterocycles. The lowest BCUT2D eigenvalue weighted by molar-refractivity contribution is -0.135. The summed E-state index contributed by atoms with van der Waals surface area (Å²) >= 11 is 5.09. The highest BCUT2D eigenvalue weighted by atomic mass is 32.1. The van der Waals surface area contributed by atoms with Crippen LogP contribution in [0.15, 0.2) is 24.3 Å². The second-order valence-electron chi connectivity index (χ2n) is 8.79. The molecule has 0 radical (unpaired) electrons. The number of ether oxygens (including phenoxy) is 1. The molecule has 1 unspecified atom stereocenters. The predicted molar refractivity (Wildman–Crippen MR) is 123 cm³/mol. The number of hydrogen-bond donors (Lipinski definition) is 2. The fourth-order valence-corrected chi connectivity index (χ4v) is 5.00. The van der Waals surface area contributed by atoms with Gasteiger partial charge in [-0.1, -0.05) is 12.1 Å². The molecule has 0 bridgehead atoms. The first kappa shape index (κ1) is 22.3. The first-order valence-corrected chi connectivity index (χ1v) is 11.3. The molecular formula is C22H29N5O4S. The highest BCUT2D eigenvalue weighted by Gasteiger charge is 2.44. The topological polar surface area (TPSA) is 94.2 Å². The monoisotopic (exact) mass is 459 g/mol. The third-order valence-electron chi connectivity index (χ3n) is 6.86. The maximum atomic E-state index is 12.8. The van der Waals surface area contributed by atoms with E-state index in [2.05, 4.69) is 10.6 Å². The van der Waals surface area contributed by atoms with E-state index >= 15 is 0 Å². The van der Waals surface area contributed by atoms with E-state index in [1.165, 1.54) is 4.90 Å². The number of nitrogens with one attached hydrogen (secondary N) is 2. The molecule has 1 aromatic carbocycles. The second-order valence-corrected chi connectivity index (χ2v) is 9.17. The maximum absolute atomic E-state index is 12.8. The average molecular weight is 460 g/mol. The first-order chi connectivity index (χ1) is 15.3. The van der Waals surface area contributed by atoms with Crippen LogP contribution in [0.5, 0.6) is 5.75 Å². The van der Waals surface area contributed by atoms with Gasteiger partial charge in [-0.3, -0.25) is 14.5 Å². The van der Waals surface area contributed by atoms with Crippen molar-refractivity contribution in [2.75, 3.05) is 45.7 Å². The molecule has 9 nitrogen and oxygen atoms in total. The second kappa shape index (κ2) is 8.93. The van der Waals surface area contributed by atoms with E-state index in [4.69, 9.17) is 17.0 Å². The minimum absolute atomic E-state index is 0.0258. The average Bonchev–Trinajstić information content (AvgIpc) is 3.31. The Hall–Kier alpha value is -2.88. The van der Waals surface area contributed by atoms with Gasteiger partial charge < -0.3 is 25.2 Å². The lowest BCUT2D eigenvalue weighted by Crippen LogP contribution is -2.46. The number of para-hydroxylation sites is 2. The quantitative estimate of drug-likeness (QED) is 0.665. The van der Waals surface area contributed by atoms with E-state index in [1.54, 1.807) is 14.2 Å². The van der Waals surface area contributed by atoms with E-state index < -0.39 is 6.04 Å². The van der Waals surface area contributed by atoms with Crippen molar-refractivity contribution in [2.24, 2.45) is 5.41 Å². The number of carbonyl (C=O) groups is 3. The van der Waals surface area contributed by atoms with E-state index in [1.807, 2.05) is 34.1 Å². The van der Waals surface area contributed by atoms with Crippen LogP contribution in [0.25, 0.3) is 0 Å². The van der Waals surface area contributed by atoms with Crippen molar-refractivity contribution in [2.45, 2.75) is 31.7 Å². The molecule has 3 fully saturated rings. The Kier molecular flexibility index (Phi) is 6.23. The van der Waals surface area contributed by atoms with Crippen LogP contribution >= 0.6 is 12.2 Å². The van der Waals surface area contributed by atoms with Gasteiger partial charge >= 0.3 is 6.03 Å². The van der Waals surface area contributed by atoms with Crippen LogP contribution in [0.2, 0.25) is 0 Å². The molecular weight excluding hydrogens is 430 g/mol. The molecule has 3 aliphatic heterocycles. The summed E-state index contributed by atoms with van der Waals surface area (Å²) in [6.07, 6.45) is 2.74. The Morgan fingerprint density at radius 3 is 2.47 bits per heavy atom. The highest BCUT2D eigenvalue weighted by Crippen LogP contribution is 2.41. The van der Waals surface area contributed by atoms with Crippen molar-refractivity contribution in [1.29, 1.82) is 0 Å². The molecule has 3 aliphatic rings. The largest absolute Gasteiger partial charge is 0.495 e. The minimum atomic E-state index is -0.572. The molecule has 0 aliphatic carbocycles. The number of rotatable bonds is 4. The summed E-state index contributed by atoms with van der Waals surface area (Å²) in [6.45, 7) is 2.65. The minimum Gasteiger partial charge on any atom is -0.495 e. The van der Waals surface area contributed by atoms with Crippen molar-refractivity contribution in [3.8, 4) is 5.75 Å². The van der Waals surface area contributed by atoms with Gasteiger partial charge in [0.2, 0.25) is 5.91 Å². The van der Waals surface area contributed by atoms with Crippen LogP contribution in [-0.4, -0.2) is 84.0 Å². The van der Waals surface area contributed by atoms with Gasteiger partial charge in [0.15, 0.2) is 5.11 Å². The molecule has 4 amide bonds. The highest BCUT2D eigenvalue weighted by molar-refractivity contribution is 7.80. The van der Waals surface area contributed by atoms with Crippen molar-refractivity contribution < 1.29 is 19.1 Å². The van der Waals surface area contributed by atoms with Gasteiger partial charge in [-0.05, 0) is 49.0 Å². The van der Waals surface area contributed by atoms with Gasteiger partial charge in [0, 0.05) is 33.2 Å². The number of methoxy groups -OCH3 is 1. The van der Waals surface area contributed by atoms with Crippen LogP contribution in [0.1, 0.15) is 25.7 Å². The van der Waals surface area contributed by atoms with Crippen LogP contribution < -0.4 is 15.4 Å². The van der Waals surface area contributed by atoms with Crippen molar-refractivity contribution >= 4 is 40.9 Å². The lowest BCUT2D eigenvalue weighted by Gasteiger charge is -2.39. The fraction of sp³-hybridized carbons (Fsp3) is 0.545. The van der Waals surface area contributed by atoms with E-state index in [0.717, 1.165) is 19.3 Å². The number of anilines is 1. The zero-order valence-electron chi connectivity index (χ0n) is 18.4. The number of urea groups is 1. The summed E-state index contributed by atoms with van der Waals surface area (Å²) in [5.41, 5.74) is 0.689. The van der Waals surface area contributed by atoms with Crippen molar-refractivity contribution in [3.05, 3.63) is 24.3 Å². The molecule has 2 N–H and O–H groups in total. The molecule has 4 rings (SSSR count). The molecule has 172 valence electrons. The third-order valence-corrected chi connectivity index (χ3v) is 7.25. The number of carbonyl (C=O) groups excluding carboxylic acids is 3. The first-order valence-electron chi connectivity index (χ1n) is 10.9. The third kappa shape index (κ3) is 4.36. The van der Waals surface area contributed by atoms with Gasteiger partial charge in [-0.2, -0.15) is 0 Å². The zero-order chi connectivity index (χ0) is 22.9. The zero-order valence-corrected chi connectivity index (χ0v) is 19.2. The Balaban J connectivity index is 1.28. The molecule has 1 atom stereocenters. The van der Waals surface area contributed by atoms with Gasteiger partial charge in [0.25, 0.3) is 5.91 Å². The number of piperidine rings is 1. The van der Waals surface area contributed by atoms with Crippen LogP contribution in [0, 0.1) is 5.41 Å². The summed E-state index contributed by atoms with van der Waals surface area (Å²) in [5.74, 6) is 0.440. The summed E-state index contributed by atoms with van der Waals surface area (Å²) in [6, 6.07) is 6.63. The van der Waals surface area contributed by atoms with Crippen molar-refractivity contribution in [1.82, 2.24) is 20.0 Å². The Morgan fingerprint density at radius 2 is 1.84 bits per heavy atom. The number of benzene rings is 1. The number of thiocarbonyl (C=S) groups is 1. The van der Waals surface area contributed by atoms with Gasteiger partial charge in [-0.25, -0.2) is 4.79 Å². The Labute approximate surface area is 193 Å². The Morgan fingerprint density at radius 1 is 1.19 bits per heavy atom. The SMILES string of the molecule is COc1ccccc1NC(=O)N1CCC2(CCN(C(=O)CC3NC(=S)N(C)C3=O)C2)CC1. The van der Waals surface area contributed by atoms with E-state index in [-0.39, 0.29) is 29.7 Å². The van der Waals surface area contributed by atoms with Gasteiger partial charge in [-0.15, -0.1) is 0 Å². The summed E-state index contributed by atoms with van der Waals surface area (Å²) in [5, 5.41) is 6.22. The standard InChI is InChI=1S/C22H29N5O4S/c1-25-19(29)16(24-21(25)32)13-18(28)27-12-9-22(14-27)7-10-26(11-8-22)20(30)23-15-5-3-4-6-17(15)31-2/h3-6,16H,7-14H2,1-2H3,(H,23,30)(H,24,32). The van der Waals surface area contributed by atoms with Crippen LogP contribution in [0.4, 0.5) is 10.5 Å². The summed E-state index contributed by atoms with van der Waals surface area (Å²) in [7, 11) is 3.19. The summed E-state index contributed by atoms with van der Waals surface area (Å²) < 4.78 is 5.30. The normalized spacial score (nSPS) is 22.3. The molecule has 3 heterocycles. The van der Waals surface area contributed by atoms with E-state index in [0.29, 0.717) is 42.7 Å². The molecule has 0 saturated carbocycles. The smallest absolute Gasteiger partial charge is 0.321 e. The molecule has 1 aromatic rings. The van der Waals surface area contributed by atoms with Gasteiger partial charge in [0.05, 0.1) is 19.2 Å². The van der Waals surface area contributed by atoms with Gasteiger partial charge in [0.1, 0.15) is 11.8 Å². The predicted octanol–water partition coefficient (Wildman–Crippen LogP) is 1.65. The number of nitrogens with zero attached hydrogens (tertiary/aromatic N) is 3. The number of amides is 4. The number of hydrogen-bond acceptors (Lipinski definition) is 5. The molecule has 10 heteroatoms. The lowest BCUT2D eigenvalue weighted by atomic mass is 9.78. The van der Waals surface area contributed by atoms with Crippen LogP contribution in [-0.2, 0) is 9.59 Å². The summed E-state index contributed by atoms with van der Waals surface area (Å²) in [4.78, 5) is 42.8. The fourth-order valence-electron chi connectivity index (χ4n) is 4.77. The van der Waals surface area contributed by atoms with Crippen LogP contribution in [0.3, 0.4) is 0 Å². The van der Waals surface area contributed by atoms with Crippen molar-refractivity contribution in [3.63, 3.8) is 0 Å².